The van der Waals surface area contributed by atoms with Crippen molar-refractivity contribution in [1.29, 1.82) is 0 Å². The number of nitrogens with zero attached hydrogens (tertiary/aromatic N) is 6. The number of rotatable bonds is 9. The monoisotopic (exact) mass is 784 g/mol. The molecule has 2 saturated heterocycles. The number of piperidine rings is 1. The number of carbonyl (C=O) groups excluding carboxylic acids is 3. The molecule has 292 valence electrons. The van der Waals surface area contributed by atoms with E-state index in [1.165, 1.54) is 26.7 Å². The molecule has 4 heterocycles. The highest BCUT2D eigenvalue weighted by Crippen LogP contribution is 2.38. The number of halogens is 4. The Morgan fingerprint density at radius 2 is 1.65 bits per heavy atom. The van der Waals surface area contributed by atoms with Crippen LogP contribution in [0.1, 0.15) is 54.2 Å². The number of aromatic amines is 1. The molecule has 0 aliphatic carbocycles. The van der Waals surface area contributed by atoms with Gasteiger partial charge in [-0.3, -0.25) is 9.78 Å². The summed E-state index contributed by atoms with van der Waals surface area (Å²) in [6.45, 7) is 4.90. The average Bonchev–Trinajstić information content (AvgIpc) is 3.56. The van der Waals surface area contributed by atoms with Crippen LogP contribution < -0.4 is 16.3 Å². The fourth-order valence-electron chi connectivity index (χ4n) is 6.55. The second kappa shape index (κ2) is 16.4. The Bertz CT molecular complexity index is 2060. The lowest BCUT2D eigenvalue weighted by Gasteiger charge is -2.37. The van der Waals surface area contributed by atoms with Crippen LogP contribution in [0.5, 0.6) is 0 Å². The van der Waals surface area contributed by atoms with Crippen molar-refractivity contribution in [3.8, 4) is 11.4 Å². The lowest BCUT2D eigenvalue weighted by molar-refractivity contribution is -0.141. The molecule has 2 aliphatic heterocycles. The average molecular weight is 785 g/mol. The first-order chi connectivity index (χ1) is 26.2. The normalized spacial score (nSPS) is 15.9. The molecule has 14 nitrogen and oxygen atoms in total. The third-order valence-electron chi connectivity index (χ3n) is 9.43. The minimum absolute atomic E-state index is 0.00225. The van der Waals surface area contributed by atoms with Gasteiger partial charge in [-0.2, -0.15) is 13.2 Å². The number of aromatic nitrogens is 4. The van der Waals surface area contributed by atoms with E-state index in [2.05, 4.69) is 15.1 Å². The number of hydrogen-bond donors (Lipinski definition) is 2. The number of carbonyl (C=O) groups is 3. The predicted molar refractivity (Wildman–Crippen MR) is 197 cm³/mol. The minimum Gasteiger partial charge on any atom is -0.459 e. The third-order valence-corrected chi connectivity index (χ3v) is 9.75. The molecule has 1 atom stereocenters. The summed E-state index contributed by atoms with van der Waals surface area (Å²) in [6.07, 6.45) is -5.68. The second-order valence-electron chi connectivity index (χ2n) is 13.6. The molecule has 0 saturated carbocycles. The smallest absolute Gasteiger partial charge is 0.418 e. The molecule has 4 aromatic rings. The molecule has 2 aliphatic rings. The van der Waals surface area contributed by atoms with Crippen molar-refractivity contribution >= 4 is 41.1 Å². The van der Waals surface area contributed by atoms with Crippen LogP contribution in [0.15, 0.2) is 65.6 Å². The summed E-state index contributed by atoms with van der Waals surface area (Å²) in [5, 5.41) is 4.11. The van der Waals surface area contributed by atoms with Gasteiger partial charge in [-0.05, 0) is 56.5 Å². The van der Waals surface area contributed by atoms with E-state index in [1.54, 1.807) is 26.0 Å². The van der Waals surface area contributed by atoms with E-state index in [-0.39, 0.29) is 54.6 Å². The Balaban J connectivity index is 1.14. The van der Waals surface area contributed by atoms with Gasteiger partial charge in [0.15, 0.2) is 11.9 Å². The van der Waals surface area contributed by atoms with E-state index in [1.807, 2.05) is 35.2 Å². The molecule has 6 rings (SSSR count). The first-order valence-electron chi connectivity index (χ1n) is 17.7. The summed E-state index contributed by atoms with van der Waals surface area (Å²) >= 11 is 6.09. The van der Waals surface area contributed by atoms with Crippen molar-refractivity contribution in [1.82, 2.24) is 29.5 Å². The van der Waals surface area contributed by atoms with Gasteiger partial charge < -0.3 is 29.9 Å². The molecule has 0 bridgehead atoms. The summed E-state index contributed by atoms with van der Waals surface area (Å²) in [5.74, 6) is -0.0986. The van der Waals surface area contributed by atoms with Gasteiger partial charge in [0.1, 0.15) is 5.82 Å². The Morgan fingerprint density at radius 1 is 0.964 bits per heavy atom. The lowest BCUT2D eigenvalue weighted by atomic mass is 10.0. The maximum absolute atomic E-state index is 14.0. The van der Waals surface area contributed by atoms with Gasteiger partial charge in [-0.15, -0.1) is 5.10 Å². The Hall–Kier alpha value is -5.58. The Morgan fingerprint density at radius 3 is 2.27 bits per heavy atom. The molecule has 3 N–H and O–H groups in total. The van der Waals surface area contributed by atoms with Crippen LogP contribution in [0.2, 0.25) is 5.02 Å². The zero-order valence-electron chi connectivity index (χ0n) is 30.1. The fourth-order valence-corrected chi connectivity index (χ4v) is 6.80. The third kappa shape index (κ3) is 9.21. The number of benzene rings is 2. The number of ether oxygens (including phenoxy) is 2. The van der Waals surface area contributed by atoms with E-state index in [0.29, 0.717) is 43.1 Å². The number of piperazine rings is 1. The van der Waals surface area contributed by atoms with Crippen LogP contribution in [-0.2, 0) is 26.9 Å². The second-order valence-corrected chi connectivity index (χ2v) is 14.0. The van der Waals surface area contributed by atoms with E-state index in [0.717, 1.165) is 11.6 Å². The van der Waals surface area contributed by atoms with Crippen LogP contribution >= 0.6 is 11.6 Å². The number of likely N-dealkylation sites (tertiary alicyclic amines) is 1. The van der Waals surface area contributed by atoms with Crippen LogP contribution in [0.4, 0.5) is 29.5 Å². The molecular weight excluding hydrogens is 745 g/mol. The van der Waals surface area contributed by atoms with Gasteiger partial charge in [-0.25, -0.2) is 24.0 Å². The summed E-state index contributed by atoms with van der Waals surface area (Å²) in [5.41, 5.74) is 4.49. The van der Waals surface area contributed by atoms with E-state index in [9.17, 15) is 32.3 Å². The lowest BCUT2D eigenvalue weighted by Crippen LogP contribution is -2.53. The molecule has 2 amide bonds. The number of esters is 1. The fraction of sp³-hybridized carbons (Fsp3) is 0.405. The minimum atomic E-state index is -4.82. The van der Waals surface area contributed by atoms with Gasteiger partial charge in [0.05, 0.1) is 34.0 Å². The molecule has 18 heteroatoms. The standard InChI is InChI=1S/C37H40ClF3N8O6/c1-22(2)54-34(51)25-8-9-30(43-21-25)46-14-16-47(17-15-46)33(50)29(20-23-18-27(37(39,40)41)31(42)28(38)19-23)55-36(53)48-12-10-26(11-13-48)49-35(52)44-32(45-49)24-6-4-3-5-7-24/h3-9,18-19,21-22,26,29H,10-17,20,42H2,1-2H3,(H,44,45,52)/t29-/m1/s1. The van der Waals surface area contributed by atoms with Gasteiger partial charge in [0, 0.05) is 57.4 Å². The predicted octanol–water partition coefficient (Wildman–Crippen LogP) is 5.19. The number of pyridine rings is 1. The summed E-state index contributed by atoms with van der Waals surface area (Å²) in [7, 11) is 0. The summed E-state index contributed by atoms with van der Waals surface area (Å²) < 4.78 is 53.9. The van der Waals surface area contributed by atoms with Crippen molar-refractivity contribution in [2.45, 2.75) is 57.5 Å². The molecule has 2 aromatic heterocycles. The number of nitrogens with one attached hydrogen (secondary N) is 1. The molecule has 0 radical (unpaired) electrons. The van der Waals surface area contributed by atoms with Crippen LogP contribution in [0.3, 0.4) is 0 Å². The van der Waals surface area contributed by atoms with Gasteiger partial charge in [0.2, 0.25) is 0 Å². The number of H-pyrrole nitrogens is 1. The first-order valence-corrected chi connectivity index (χ1v) is 18.1. The van der Waals surface area contributed by atoms with Crippen LogP contribution in [0, 0.1) is 0 Å². The summed E-state index contributed by atoms with van der Waals surface area (Å²) in [4.78, 5) is 64.5. The highest BCUT2D eigenvalue weighted by Gasteiger charge is 2.37. The summed E-state index contributed by atoms with van der Waals surface area (Å²) in [6, 6.07) is 14.2. The van der Waals surface area contributed by atoms with Crippen molar-refractivity contribution in [3.05, 3.63) is 93.0 Å². The van der Waals surface area contributed by atoms with E-state index in [4.69, 9.17) is 26.8 Å². The van der Waals surface area contributed by atoms with Gasteiger partial charge >= 0.3 is 23.9 Å². The molecule has 2 aromatic carbocycles. The molecule has 55 heavy (non-hydrogen) atoms. The SMILES string of the molecule is CC(C)OC(=O)c1ccc(N2CCN(C(=O)[C@@H](Cc3cc(Cl)c(N)c(C(F)(F)F)c3)OC(=O)N3CCC(n4nc(-c5ccccc5)[nH]c4=O)CC3)CC2)nc1. The van der Waals surface area contributed by atoms with Crippen molar-refractivity contribution < 1.29 is 37.0 Å². The number of hydrogen-bond acceptors (Lipinski definition) is 10. The molecule has 2 fully saturated rings. The zero-order valence-corrected chi connectivity index (χ0v) is 30.8. The number of anilines is 2. The number of nitrogens with two attached hydrogens (primary N) is 1. The maximum atomic E-state index is 14.0. The van der Waals surface area contributed by atoms with Crippen molar-refractivity contribution in [2.75, 3.05) is 49.9 Å². The quantitative estimate of drug-likeness (QED) is 0.170. The Labute approximate surface area is 318 Å². The maximum Gasteiger partial charge on any atom is 0.418 e. The highest BCUT2D eigenvalue weighted by molar-refractivity contribution is 6.33. The van der Waals surface area contributed by atoms with E-state index >= 15 is 0 Å². The Kier molecular flexibility index (Phi) is 11.7. The largest absolute Gasteiger partial charge is 0.459 e. The highest BCUT2D eigenvalue weighted by atomic mass is 35.5. The van der Waals surface area contributed by atoms with Gasteiger partial charge in [-0.1, -0.05) is 41.9 Å². The molecular formula is C37H40ClF3N8O6. The van der Waals surface area contributed by atoms with Crippen molar-refractivity contribution in [2.24, 2.45) is 0 Å². The number of alkyl halides is 3. The first kappa shape index (κ1) is 39.1. The topological polar surface area (TPSA) is 169 Å². The van der Waals surface area contributed by atoms with Gasteiger partial charge in [0.25, 0.3) is 5.91 Å². The van der Waals surface area contributed by atoms with Crippen LogP contribution in [-0.4, -0.2) is 99.0 Å². The molecule has 0 unspecified atom stereocenters. The number of nitrogen functional groups attached to an aromatic ring is 1. The molecule has 0 spiro atoms. The van der Waals surface area contributed by atoms with Crippen molar-refractivity contribution in [3.63, 3.8) is 0 Å². The van der Waals surface area contributed by atoms with E-state index < -0.39 is 47.9 Å². The van der Waals surface area contributed by atoms with Crippen LogP contribution in [0.25, 0.3) is 11.4 Å². The zero-order chi connectivity index (χ0) is 39.4. The number of amides is 2.